The van der Waals surface area contributed by atoms with Gasteiger partial charge in [-0.25, -0.2) is 0 Å². The van der Waals surface area contributed by atoms with Crippen molar-refractivity contribution in [3.05, 3.63) is 35.4 Å². The maximum absolute atomic E-state index is 12.4. The summed E-state index contributed by atoms with van der Waals surface area (Å²) in [6, 6.07) is 7.34. The maximum Gasteiger partial charge on any atom is 0.310 e. The molecule has 0 fully saturated rings. The van der Waals surface area contributed by atoms with Gasteiger partial charge in [0.05, 0.1) is 13.0 Å². The Kier molecular flexibility index (Phi) is 8.16. The van der Waals surface area contributed by atoms with E-state index in [9.17, 15) is 14.4 Å². The van der Waals surface area contributed by atoms with Crippen molar-refractivity contribution >= 4 is 17.7 Å². The van der Waals surface area contributed by atoms with Gasteiger partial charge in [-0.05, 0) is 13.3 Å². The van der Waals surface area contributed by atoms with Crippen LogP contribution >= 0.6 is 0 Å². The van der Waals surface area contributed by atoms with E-state index in [2.05, 4.69) is 0 Å². The van der Waals surface area contributed by atoms with Crippen LogP contribution in [-0.4, -0.2) is 42.8 Å². The summed E-state index contributed by atoms with van der Waals surface area (Å²) >= 11 is 0. The molecule has 0 saturated carbocycles. The number of ketones is 1. The van der Waals surface area contributed by atoms with Gasteiger partial charge in [-0.15, -0.1) is 0 Å². The molecule has 0 aliphatic rings. The van der Waals surface area contributed by atoms with Gasteiger partial charge in [0.15, 0.2) is 5.78 Å². The van der Waals surface area contributed by atoms with E-state index in [0.29, 0.717) is 18.7 Å². The minimum absolute atomic E-state index is 0.0409. The number of hydrogen-bond donors (Lipinski definition) is 0. The molecule has 132 valence electrons. The molecule has 5 heteroatoms. The number of hydrogen-bond acceptors (Lipinski definition) is 4. The van der Waals surface area contributed by atoms with E-state index in [1.54, 1.807) is 24.0 Å². The van der Waals surface area contributed by atoms with Crippen molar-refractivity contribution < 1.29 is 19.1 Å². The number of nitrogens with zero attached hydrogens (tertiary/aromatic N) is 1. The summed E-state index contributed by atoms with van der Waals surface area (Å²) in [6.07, 6.45) is 1.13. The number of methoxy groups -OCH3 is 1. The van der Waals surface area contributed by atoms with E-state index in [-0.39, 0.29) is 36.4 Å². The highest BCUT2D eigenvalue weighted by molar-refractivity contribution is 5.98. The van der Waals surface area contributed by atoms with Crippen LogP contribution in [0.5, 0.6) is 0 Å². The third-order valence-electron chi connectivity index (χ3n) is 3.88. The predicted molar refractivity (Wildman–Crippen MR) is 92.8 cm³/mol. The highest BCUT2D eigenvalue weighted by Crippen LogP contribution is 2.11. The molecule has 0 saturated heterocycles. The van der Waals surface area contributed by atoms with Gasteiger partial charge in [0, 0.05) is 31.5 Å². The summed E-state index contributed by atoms with van der Waals surface area (Å²) in [6.45, 7) is 6.56. The Hall–Kier alpha value is -2.17. The average Bonchev–Trinajstić information content (AvgIpc) is 2.58. The molecular weight excluding hydrogens is 306 g/mol. The van der Waals surface area contributed by atoms with Crippen molar-refractivity contribution in [1.29, 1.82) is 0 Å². The minimum atomic E-state index is -0.377. The Labute approximate surface area is 144 Å². The van der Waals surface area contributed by atoms with E-state index in [1.165, 1.54) is 7.11 Å². The van der Waals surface area contributed by atoms with Gasteiger partial charge < -0.3 is 9.64 Å². The molecule has 0 heterocycles. The predicted octanol–water partition coefficient (Wildman–Crippen LogP) is 3.01. The first-order valence-corrected chi connectivity index (χ1v) is 8.34. The zero-order valence-corrected chi connectivity index (χ0v) is 15.0. The van der Waals surface area contributed by atoms with Crippen molar-refractivity contribution in [2.45, 2.75) is 40.0 Å². The quantitative estimate of drug-likeness (QED) is 0.515. The number of aryl methyl sites for hydroxylation is 1. The summed E-state index contributed by atoms with van der Waals surface area (Å²) in [5.74, 6) is -0.855. The number of Topliss-reactive ketones (excluding diaryl/α,β-unsaturated/α-hetero) is 1. The van der Waals surface area contributed by atoms with Gasteiger partial charge in [-0.2, -0.15) is 0 Å². The van der Waals surface area contributed by atoms with E-state index in [1.807, 2.05) is 26.0 Å². The minimum Gasteiger partial charge on any atom is -0.469 e. The molecule has 0 spiro atoms. The molecule has 0 bridgehead atoms. The SMILES string of the molecule is CCCN(CC(C)C(=O)OC)C(=O)CCC(=O)c1ccc(C)cc1. The fraction of sp³-hybridized carbons (Fsp3) is 0.526. The number of rotatable bonds is 9. The fourth-order valence-electron chi connectivity index (χ4n) is 2.46. The van der Waals surface area contributed by atoms with Crippen LogP contribution in [0.2, 0.25) is 0 Å². The van der Waals surface area contributed by atoms with Crippen molar-refractivity contribution in [2.24, 2.45) is 5.92 Å². The molecule has 1 unspecified atom stereocenters. The lowest BCUT2D eigenvalue weighted by Gasteiger charge is -2.24. The van der Waals surface area contributed by atoms with Gasteiger partial charge in [0.2, 0.25) is 5.91 Å². The standard InChI is InChI=1S/C19H27NO4/c1-5-12-20(13-15(3)19(23)24-4)18(22)11-10-17(21)16-8-6-14(2)7-9-16/h6-9,15H,5,10-13H2,1-4H3. The van der Waals surface area contributed by atoms with Gasteiger partial charge in [0.25, 0.3) is 0 Å². The van der Waals surface area contributed by atoms with E-state index < -0.39 is 0 Å². The van der Waals surface area contributed by atoms with Crippen LogP contribution in [0.4, 0.5) is 0 Å². The molecule has 0 aliphatic carbocycles. The largest absolute Gasteiger partial charge is 0.469 e. The molecule has 1 aromatic rings. The van der Waals surface area contributed by atoms with E-state index >= 15 is 0 Å². The number of amides is 1. The normalized spacial score (nSPS) is 11.7. The van der Waals surface area contributed by atoms with Crippen LogP contribution in [-0.2, 0) is 14.3 Å². The molecule has 1 amide bonds. The van der Waals surface area contributed by atoms with Gasteiger partial charge in [0.1, 0.15) is 0 Å². The molecule has 5 nitrogen and oxygen atoms in total. The maximum atomic E-state index is 12.4. The molecule has 1 rings (SSSR count). The highest BCUT2D eigenvalue weighted by Gasteiger charge is 2.21. The molecule has 0 aromatic heterocycles. The van der Waals surface area contributed by atoms with Crippen molar-refractivity contribution in [3.8, 4) is 0 Å². The number of esters is 1. The van der Waals surface area contributed by atoms with Gasteiger partial charge in [-0.1, -0.05) is 43.7 Å². The number of carbonyl (C=O) groups excluding carboxylic acids is 3. The smallest absolute Gasteiger partial charge is 0.310 e. The summed E-state index contributed by atoms with van der Waals surface area (Å²) < 4.78 is 4.71. The van der Waals surface area contributed by atoms with Crippen molar-refractivity contribution in [1.82, 2.24) is 4.90 Å². The Morgan fingerprint density at radius 3 is 2.29 bits per heavy atom. The van der Waals surface area contributed by atoms with Crippen LogP contribution in [0.1, 0.15) is 49.0 Å². The fourth-order valence-corrected chi connectivity index (χ4v) is 2.46. The first kappa shape index (κ1) is 19.9. The second-order valence-electron chi connectivity index (χ2n) is 6.05. The first-order chi connectivity index (χ1) is 11.4. The average molecular weight is 333 g/mol. The Bertz CT molecular complexity index is 565. The molecule has 0 aliphatic heterocycles. The van der Waals surface area contributed by atoms with Crippen molar-refractivity contribution in [3.63, 3.8) is 0 Å². The summed E-state index contributed by atoms with van der Waals surface area (Å²) in [7, 11) is 1.34. The zero-order valence-electron chi connectivity index (χ0n) is 15.0. The Morgan fingerprint density at radius 2 is 1.75 bits per heavy atom. The Morgan fingerprint density at radius 1 is 1.12 bits per heavy atom. The summed E-state index contributed by atoms with van der Waals surface area (Å²) in [4.78, 5) is 37.7. The third-order valence-corrected chi connectivity index (χ3v) is 3.88. The van der Waals surface area contributed by atoms with E-state index in [4.69, 9.17) is 4.74 Å². The monoisotopic (exact) mass is 333 g/mol. The second-order valence-corrected chi connectivity index (χ2v) is 6.05. The summed E-state index contributed by atoms with van der Waals surface area (Å²) in [5.41, 5.74) is 1.71. The topological polar surface area (TPSA) is 63.7 Å². The lowest BCUT2D eigenvalue weighted by molar-refractivity contribution is -0.146. The highest BCUT2D eigenvalue weighted by atomic mass is 16.5. The zero-order chi connectivity index (χ0) is 18.1. The number of carbonyl (C=O) groups is 3. The first-order valence-electron chi connectivity index (χ1n) is 8.34. The van der Waals surface area contributed by atoms with Crippen LogP contribution in [0.3, 0.4) is 0 Å². The third kappa shape index (κ3) is 6.14. The second kappa shape index (κ2) is 9.85. The van der Waals surface area contributed by atoms with Crippen LogP contribution < -0.4 is 0 Å². The van der Waals surface area contributed by atoms with E-state index in [0.717, 1.165) is 12.0 Å². The van der Waals surface area contributed by atoms with Crippen LogP contribution in [0, 0.1) is 12.8 Å². The lowest BCUT2D eigenvalue weighted by Crippen LogP contribution is -2.37. The van der Waals surface area contributed by atoms with Crippen LogP contribution in [0.15, 0.2) is 24.3 Å². The molecule has 0 N–H and O–H groups in total. The van der Waals surface area contributed by atoms with Gasteiger partial charge in [-0.3, -0.25) is 14.4 Å². The molecular formula is C19H27NO4. The van der Waals surface area contributed by atoms with Crippen molar-refractivity contribution in [2.75, 3.05) is 20.2 Å². The molecule has 1 aromatic carbocycles. The van der Waals surface area contributed by atoms with Crippen LogP contribution in [0.25, 0.3) is 0 Å². The summed E-state index contributed by atoms with van der Waals surface area (Å²) in [5, 5.41) is 0. The van der Waals surface area contributed by atoms with Gasteiger partial charge >= 0.3 is 5.97 Å². The molecule has 24 heavy (non-hydrogen) atoms. The Balaban J connectivity index is 2.59. The molecule has 0 radical (unpaired) electrons. The molecule has 1 atom stereocenters. The number of benzene rings is 1. The lowest BCUT2D eigenvalue weighted by atomic mass is 10.0. The number of ether oxygens (including phenoxy) is 1.